The third kappa shape index (κ3) is 8.97. The molecule has 1 atom stereocenters. The molecule has 1 aromatic heterocycles. The Labute approximate surface area is 116 Å². The minimum atomic E-state index is -0.199. The Morgan fingerprint density at radius 2 is 2.05 bits per heavy atom. The van der Waals surface area contributed by atoms with Gasteiger partial charge in [0.25, 0.3) is 0 Å². The van der Waals surface area contributed by atoms with Crippen molar-refractivity contribution in [2.75, 3.05) is 0 Å². The molecule has 0 spiro atoms. The van der Waals surface area contributed by atoms with Gasteiger partial charge in [0.2, 0.25) is 0 Å². The minimum Gasteiger partial charge on any atom is -0.393 e. The average molecular weight is 257 g/mol. The number of aliphatic hydroxyl groups is 1. The summed E-state index contributed by atoms with van der Waals surface area (Å²) in [5, 5.41) is 9.08. The first-order valence-corrected chi connectivity index (χ1v) is 6.82. The van der Waals surface area contributed by atoms with Crippen LogP contribution in [0.1, 0.15) is 31.7 Å². The first-order valence-electron chi connectivity index (χ1n) is 6.82. The predicted molar refractivity (Wildman–Crippen MR) is 80.9 cm³/mol. The molecule has 1 N–H and O–H groups in total. The van der Waals surface area contributed by atoms with Crippen molar-refractivity contribution in [1.29, 1.82) is 0 Å². The van der Waals surface area contributed by atoms with E-state index in [1.54, 1.807) is 6.20 Å². The van der Waals surface area contributed by atoms with Gasteiger partial charge in [0, 0.05) is 12.4 Å². The molecule has 2 heteroatoms. The summed E-state index contributed by atoms with van der Waals surface area (Å²) in [4.78, 5) is 4.08. The van der Waals surface area contributed by atoms with Crippen LogP contribution in [-0.4, -0.2) is 16.2 Å². The summed E-state index contributed by atoms with van der Waals surface area (Å²) in [5.74, 6) is 0. The van der Waals surface area contributed by atoms with E-state index in [9.17, 15) is 0 Å². The number of pyridine rings is 1. The quantitative estimate of drug-likeness (QED) is 0.567. The van der Waals surface area contributed by atoms with E-state index in [1.165, 1.54) is 5.56 Å². The lowest BCUT2D eigenvalue weighted by atomic mass is 10.2. The second kappa shape index (κ2) is 10.3. The molecular formula is C17H23NO. The Balaban J connectivity index is 2.10. The van der Waals surface area contributed by atoms with Gasteiger partial charge in [0.15, 0.2) is 0 Å². The fraction of sp³-hybridized carbons (Fsp3) is 0.353. The number of aromatic nitrogens is 1. The van der Waals surface area contributed by atoms with Crippen LogP contribution < -0.4 is 0 Å². The molecule has 0 bridgehead atoms. The number of aliphatic hydroxyl groups excluding tert-OH is 1. The summed E-state index contributed by atoms with van der Waals surface area (Å²) in [7, 11) is 0. The highest BCUT2D eigenvalue weighted by Crippen LogP contribution is 1.99. The van der Waals surface area contributed by atoms with Crippen LogP contribution >= 0.6 is 0 Å². The van der Waals surface area contributed by atoms with Crippen LogP contribution in [0, 0.1) is 0 Å². The zero-order chi connectivity index (χ0) is 13.8. The summed E-state index contributed by atoms with van der Waals surface area (Å²) in [6.07, 6.45) is 19.8. The van der Waals surface area contributed by atoms with Crippen molar-refractivity contribution in [3.63, 3.8) is 0 Å². The average Bonchev–Trinajstić information content (AvgIpc) is 2.42. The molecule has 0 saturated heterocycles. The lowest BCUT2D eigenvalue weighted by Crippen LogP contribution is -1.96. The van der Waals surface area contributed by atoms with Crippen molar-refractivity contribution < 1.29 is 5.11 Å². The molecule has 0 aromatic carbocycles. The molecular weight excluding hydrogens is 234 g/mol. The van der Waals surface area contributed by atoms with Gasteiger partial charge in [0.05, 0.1) is 6.10 Å². The summed E-state index contributed by atoms with van der Waals surface area (Å²) >= 11 is 0. The van der Waals surface area contributed by atoms with Gasteiger partial charge in [-0.1, -0.05) is 42.5 Å². The summed E-state index contributed by atoms with van der Waals surface area (Å²) in [6.45, 7) is 1.82. The van der Waals surface area contributed by atoms with E-state index in [2.05, 4.69) is 47.5 Å². The van der Waals surface area contributed by atoms with Crippen molar-refractivity contribution in [2.24, 2.45) is 0 Å². The summed E-state index contributed by atoms with van der Waals surface area (Å²) in [5.41, 5.74) is 1.23. The van der Waals surface area contributed by atoms with E-state index in [4.69, 9.17) is 5.11 Å². The van der Waals surface area contributed by atoms with Crippen LogP contribution in [0.15, 0.2) is 61.0 Å². The Morgan fingerprint density at radius 1 is 1.21 bits per heavy atom. The number of hydrogen-bond donors (Lipinski definition) is 1. The highest BCUT2D eigenvalue weighted by molar-refractivity contribution is 5.14. The van der Waals surface area contributed by atoms with Crippen molar-refractivity contribution in [1.82, 2.24) is 4.98 Å². The van der Waals surface area contributed by atoms with Crippen LogP contribution in [0.5, 0.6) is 0 Å². The molecule has 0 aliphatic heterocycles. The molecule has 19 heavy (non-hydrogen) atoms. The van der Waals surface area contributed by atoms with Gasteiger partial charge in [0.1, 0.15) is 0 Å². The molecule has 0 unspecified atom stereocenters. The SMILES string of the molecule is C[C@H](O)CC/C=C/C/C=C/C=C/Cc1cccnc1. The predicted octanol–water partition coefficient (Wildman–Crippen LogP) is 3.84. The zero-order valence-electron chi connectivity index (χ0n) is 11.6. The van der Waals surface area contributed by atoms with E-state index in [-0.39, 0.29) is 6.10 Å². The standard InChI is InChI=1S/C17H23NO/c1-16(19)11-8-6-4-2-3-5-7-9-12-17-13-10-14-18-15-17/h3-7,9-10,13-16,19H,2,8,11-12H2,1H3/b5-3+,6-4+,9-7+/t16-/m0/s1. The molecule has 0 aliphatic carbocycles. The van der Waals surface area contributed by atoms with Gasteiger partial charge in [-0.15, -0.1) is 0 Å². The second-order valence-electron chi connectivity index (χ2n) is 4.56. The van der Waals surface area contributed by atoms with Crippen LogP contribution in [0.4, 0.5) is 0 Å². The molecule has 1 aromatic rings. The molecule has 1 rings (SSSR count). The van der Waals surface area contributed by atoms with E-state index in [0.29, 0.717) is 0 Å². The molecule has 2 nitrogen and oxygen atoms in total. The lowest BCUT2D eigenvalue weighted by molar-refractivity contribution is 0.186. The number of hydrogen-bond acceptors (Lipinski definition) is 2. The smallest absolute Gasteiger partial charge is 0.0515 e. The van der Waals surface area contributed by atoms with Crippen LogP contribution in [0.25, 0.3) is 0 Å². The maximum absolute atomic E-state index is 9.08. The summed E-state index contributed by atoms with van der Waals surface area (Å²) in [6, 6.07) is 4.03. The van der Waals surface area contributed by atoms with Crippen molar-refractivity contribution in [3.8, 4) is 0 Å². The third-order valence-electron chi connectivity index (χ3n) is 2.65. The fourth-order valence-electron chi connectivity index (χ4n) is 1.59. The van der Waals surface area contributed by atoms with Crippen LogP contribution in [-0.2, 0) is 6.42 Å². The minimum absolute atomic E-state index is 0.199. The van der Waals surface area contributed by atoms with Crippen molar-refractivity contribution in [2.45, 2.75) is 38.7 Å². The van der Waals surface area contributed by atoms with Crippen molar-refractivity contribution in [3.05, 3.63) is 66.5 Å². The number of allylic oxidation sites excluding steroid dienone is 6. The van der Waals surface area contributed by atoms with E-state index in [1.807, 2.05) is 19.2 Å². The number of nitrogens with zero attached hydrogens (tertiary/aromatic N) is 1. The highest BCUT2D eigenvalue weighted by atomic mass is 16.3. The molecule has 0 aliphatic rings. The Hall–Kier alpha value is -1.67. The van der Waals surface area contributed by atoms with E-state index >= 15 is 0 Å². The first-order chi connectivity index (χ1) is 9.29. The van der Waals surface area contributed by atoms with Gasteiger partial charge in [-0.25, -0.2) is 0 Å². The molecule has 102 valence electrons. The summed E-state index contributed by atoms with van der Waals surface area (Å²) < 4.78 is 0. The maximum Gasteiger partial charge on any atom is 0.0515 e. The van der Waals surface area contributed by atoms with E-state index < -0.39 is 0 Å². The van der Waals surface area contributed by atoms with Crippen LogP contribution in [0.2, 0.25) is 0 Å². The van der Waals surface area contributed by atoms with Crippen LogP contribution in [0.3, 0.4) is 0 Å². The Kier molecular flexibility index (Phi) is 8.32. The lowest BCUT2D eigenvalue weighted by Gasteiger charge is -1.97. The largest absolute Gasteiger partial charge is 0.393 e. The van der Waals surface area contributed by atoms with Gasteiger partial charge >= 0.3 is 0 Å². The molecule has 1 heterocycles. The normalized spacial score (nSPS) is 13.8. The monoisotopic (exact) mass is 257 g/mol. The molecule has 0 fully saturated rings. The van der Waals surface area contributed by atoms with Gasteiger partial charge in [-0.2, -0.15) is 0 Å². The molecule has 0 saturated carbocycles. The second-order valence-corrected chi connectivity index (χ2v) is 4.56. The topological polar surface area (TPSA) is 33.1 Å². The zero-order valence-corrected chi connectivity index (χ0v) is 11.6. The Bertz CT molecular complexity index is 405. The first kappa shape index (κ1) is 15.4. The van der Waals surface area contributed by atoms with Gasteiger partial charge in [-0.3, -0.25) is 4.98 Å². The fourth-order valence-corrected chi connectivity index (χ4v) is 1.59. The van der Waals surface area contributed by atoms with Gasteiger partial charge in [-0.05, 0) is 44.2 Å². The Morgan fingerprint density at radius 3 is 2.79 bits per heavy atom. The molecule has 0 radical (unpaired) electrons. The maximum atomic E-state index is 9.08. The molecule has 0 amide bonds. The number of rotatable bonds is 8. The highest BCUT2D eigenvalue weighted by Gasteiger charge is 1.90. The third-order valence-corrected chi connectivity index (χ3v) is 2.65. The van der Waals surface area contributed by atoms with E-state index in [0.717, 1.165) is 25.7 Å². The van der Waals surface area contributed by atoms with Crippen molar-refractivity contribution >= 4 is 0 Å². The van der Waals surface area contributed by atoms with Gasteiger partial charge < -0.3 is 5.11 Å².